The summed E-state index contributed by atoms with van der Waals surface area (Å²) in [6.07, 6.45) is 2.73. The number of hydrogen-bond donors (Lipinski definition) is 1. The summed E-state index contributed by atoms with van der Waals surface area (Å²) in [5.74, 6) is -0.438. The molecule has 1 aliphatic heterocycles. The number of carbonyl (C=O) groups is 1. The minimum atomic E-state index is -1.00. The third-order valence-electron chi connectivity index (χ3n) is 3.69. The van der Waals surface area contributed by atoms with E-state index in [0.29, 0.717) is 37.6 Å². The van der Waals surface area contributed by atoms with Crippen LogP contribution in [0.25, 0.3) is 0 Å². The fraction of sp³-hybridized carbons (Fsp3) is 0.643. The molecule has 6 nitrogen and oxygen atoms in total. The molecule has 0 amide bonds. The molecule has 1 N–H and O–H groups in total. The van der Waals surface area contributed by atoms with Gasteiger partial charge in [-0.2, -0.15) is 0 Å². The fourth-order valence-corrected chi connectivity index (χ4v) is 2.44. The van der Waals surface area contributed by atoms with Crippen molar-refractivity contribution < 1.29 is 19.4 Å². The number of methoxy groups -OCH3 is 1. The van der Waals surface area contributed by atoms with Gasteiger partial charge in [-0.1, -0.05) is 13.8 Å². The Balaban J connectivity index is 2.46. The van der Waals surface area contributed by atoms with Gasteiger partial charge in [-0.3, -0.25) is 0 Å². The molecule has 6 heteroatoms. The van der Waals surface area contributed by atoms with Crippen LogP contribution in [0.15, 0.2) is 6.20 Å². The number of carboxylic acid groups (broad SMARTS) is 1. The highest BCUT2D eigenvalue weighted by Crippen LogP contribution is 2.34. The maximum absolute atomic E-state index is 11.2. The minimum absolute atomic E-state index is 0.0107. The lowest BCUT2D eigenvalue weighted by atomic mass is 9.92. The molecule has 0 spiro atoms. The number of nitrogens with zero attached hydrogens (tertiary/aromatic N) is 2. The number of ether oxygens (including phenoxy) is 2. The van der Waals surface area contributed by atoms with Crippen molar-refractivity contribution in [2.24, 2.45) is 0 Å². The normalized spacial score (nSPS) is 18.2. The molecule has 1 fully saturated rings. The van der Waals surface area contributed by atoms with E-state index in [-0.39, 0.29) is 11.5 Å². The molecule has 0 atom stereocenters. The third kappa shape index (κ3) is 2.66. The Morgan fingerprint density at radius 1 is 1.45 bits per heavy atom. The van der Waals surface area contributed by atoms with Crippen LogP contribution in [0.4, 0.5) is 0 Å². The molecule has 0 radical (unpaired) electrons. The molecule has 1 saturated heterocycles. The van der Waals surface area contributed by atoms with Crippen LogP contribution in [0, 0.1) is 0 Å². The van der Waals surface area contributed by atoms with Crippen LogP contribution in [-0.4, -0.2) is 41.4 Å². The zero-order chi connectivity index (χ0) is 14.8. The molecule has 20 heavy (non-hydrogen) atoms. The molecule has 0 unspecified atom stereocenters. The first-order chi connectivity index (χ1) is 9.50. The molecule has 0 aliphatic carbocycles. The molecule has 2 heterocycles. The lowest BCUT2D eigenvalue weighted by Gasteiger charge is -2.34. The van der Waals surface area contributed by atoms with Gasteiger partial charge in [-0.15, -0.1) is 0 Å². The van der Waals surface area contributed by atoms with Crippen molar-refractivity contribution in [3.05, 3.63) is 23.3 Å². The van der Waals surface area contributed by atoms with E-state index in [2.05, 4.69) is 9.97 Å². The molecular weight excluding hydrogens is 260 g/mol. The van der Waals surface area contributed by atoms with Gasteiger partial charge in [0.2, 0.25) is 0 Å². The van der Waals surface area contributed by atoms with Crippen LogP contribution < -0.4 is 0 Å². The Kier molecular flexibility index (Phi) is 4.35. The first kappa shape index (κ1) is 14.9. The Bertz CT molecular complexity index is 496. The van der Waals surface area contributed by atoms with Crippen LogP contribution in [0.1, 0.15) is 54.5 Å². The predicted molar refractivity (Wildman–Crippen MR) is 71.8 cm³/mol. The van der Waals surface area contributed by atoms with Crippen molar-refractivity contribution >= 4 is 5.97 Å². The Morgan fingerprint density at radius 2 is 2.10 bits per heavy atom. The number of carboxylic acids is 1. The Morgan fingerprint density at radius 3 is 2.60 bits per heavy atom. The number of rotatable bonds is 4. The smallest absolute Gasteiger partial charge is 0.339 e. The fourth-order valence-electron chi connectivity index (χ4n) is 2.44. The number of aromatic nitrogens is 2. The second-order valence-corrected chi connectivity index (χ2v) is 5.26. The van der Waals surface area contributed by atoms with Crippen molar-refractivity contribution in [1.29, 1.82) is 0 Å². The lowest BCUT2D eigenvalue weighted by molar-refractivity contribution is -0.100. The summed E-state index contributed by atoms with van der Waals surface area (Å²) in [7, 11) is 1.63. The minimum Gasteiger partial charge on any atom is -0.478 e. The van der Waals surface area contributed by atoms with Crippen molar-refractivity contribution in [3.63, 3.8) is 0 Å². The van der Waals surface area contributed by atoms with Gasteiger partial charge in [0, 0.05) is 39.4 Å². The average molecular weight is 280 g/mol. The summed E-state index contributed by atoms with van der Waals surface area (Å²) in [4.78, 5) is 20.0. The van der Waals surface area contributed by atoms with Gasteiger partial charge in [0.15, 0.2) is 5.82 Å². The highest BCUT2D eigenvalue weighted by Gasteiger charge is 2.38. The predicted octanol–water partition coefficient (Wildman–Crippen LogP) is 1.95. The molecule has 1 aromatic rings. The largest absolute Gasteiger partial charge is 0.478 e. The van der Waals surface area contributed by atoms with E-state index in [1.165, 1.54) is 6.20 Å². The molecular formula is C14H20N2O4. The zero-order valence-electron chi connectivity index (χ0n) is 12.0. The van der Waals surface area contributed by atoms with Crippen molar-refractivity contribution in [2.75, 3.05) is 20.3 Å². The molecule has 110 valence electrons. The van der Waals surface area contributed by atoms with Crippen molar-refractivity contribution in [3.8, 4) is 0 Å². The first-order valence-electron chi connectivity index (χ1n) is 6.74. The quantitative estimate of drug-likeness (QED) is 0.907. The van der Waals surface area contributed by atoms with Gasteiger partial charge in [0.1, 0.15) is 5.60 Å². The van der Waals surface area contributed by atoms with Crippen LogP contribution >= 0.6 is 0 Å². The van der Waals surface area contributed by atoms with Crippen molar-refractivity contribution in [1.82, 2.24) is 9.97 Å². The zero-order valence-corrected chi connectivity index (χ0v) is 12.0. The van der Waals surface area contributed by atoms with E-state index >= 15 is 0 Å². The number of hydrogen-bond acceptors (Lipinski definition) is 5. The maximum Gasteiger partial charge on any atom is 0.339 e. The van der Waals surface area contributed by atoms with E-state index in [9.17, 15) is 9.90 Å². The van der Waals surface area contributed by atoms with E-state index in [1.807, 2.05) is 13.8 Å². The molecule has 1 aromatic heterocycles. The SMILES string of the molecule is COC1(c2ncc(C(=O)O)c(C(C)C)n2)CCOCC1. The van der Waals surface area contributed by atoms with Gasteiger partial charge >= 0.3 is 5.97 Å². The van der Waals surface area contributed by atoms with Crippen LogP contribution in [0.3, 0.4) is 0 Å². The second kappa shape index (κ2) is 5.85. The topological polar surface area (TPSA) is 81.5 Å². The molecule has 0 bridgehead atoms. The summed E-state index contributed by atoms with van der Waals surface area (Å²) in [5, 5.41) is 9.21. The molecule has 0 aromatic carbocycles. The van der Waals surface area contributed by atoms with Crippen LogP contribution in [-0.2, 0) is 15.1 Å². The summed E-state index contributed by atoms with van der Waals surface area (Å²) in [6, 6.07) is 0. The summed E-state index contributed by atoms with van der Waals surface area (Å²) >= 11 is 0. The second-order valence-electron chi connectivity index (χ2n) is 5.26. The highest BCUT2D eigenvalue weighted by molar-refractivity contribution is 5.88. The van der Waals surface area contributed by atoms with E-state index in [1.54, 1.807) is 7.11 Å². The third-order valence-corrected chi connectivity index (χ3v) is 3.69. The van der Waals surface area contributed by atoms with E-state index in [4.69, 9.17) is 9.47 Å². The van der Waals surface area contributed by atoms with Gasteiger partial charge in [0.25, 0.3) is 0 Å². The average Bonchev–Trinajstić information content (AvgIpc) is 2.47. The molecule has 1 aliphatic rings. The lowest BCUT2D eigenvalue weighted by Crippen LogP contribution is -2.37. The van der Waals surface area contributed by atoms with Gasteiger partial charge in [-0.25, -0.2) is 14.8 Å². The summed E-state index contributed by atoms with van der Waals surface area (Å²) < 4.78 is 11.0. The molecule has 2 rings (SSSR count). The maximum atomic E-state index is 11.2. The van der Waals surface area contributed by atoms with Crippen LogP contribution in [0.5, 0.6) is 0 Å². The van der Waals surface area contributed by atoms with Gasteiger partial charge < -0.3 is 14.6 Å². The molecule has 0 saturated carbocycles. The highest BCUT2D eigenvalue weighted by atomic mass is 16.5. The summed E-state index contributed by atoms with van der Waals surface area (Å²) in [6.45, 7) is 5.02. The van der Waals surface area contributed by atoms with E-state index in [0.717, 1.165) is 0 Å². The monoisotopic (exact) mass is 280 g/mol. The first-order valence-corrected chi connectivity index (χ1v) is 6.74. The summed E-state index contributed by atoms with van der Waals surface area (Å²) in [5.41, 5.74) is 0.131. The van der Waals surface area contributed by atoms with Crippen LogP contribution in [0.2, 0.25) is 0 Å². The van der Waals surface area contributed by atoms with E-state index < -0.39 is 11.6 Å². The standard InChI is InChI=1S/C14H20N2O4/c1-9(2)11-10(12(17)18)8-15-13(16-11)14(19-3)4-6-20-7-5-14/h8-9H,4-7H2,1-3H3,(H,17,18). The Hall–Kier alpha value is -1.53. The van der Waals surface area contributed by atoms with Gasteiger partial charge in [-0.05, 0) is 5.92 Å². The van der Waals surface area contributed by atoms with Gasteiger partial charge in [0.05, 0.1) is 11.3 Å². The van der Waals surface area contributed by atoms with Crippen molar-refractivity contribution in [2.45, 2.75) is 38.2 Å². The Labute approximate surface area is 118 Å². The number of aromatic carboxylic acids is 1.